The number of ether oxygens (including phenoxy) is 1. The lowest BCUT2D eigenvalue weighted by Crippen LogP contribution is -2.17. The first kappa shape index (κ1) is 14.2. The van der Waals surface area contributed by atoms with Gasteiger partial charge in [-0.15, -0.1) is 13.2 Å². The number of hydrogen-bond donors (Lipinski definition) is 1. The van der Waals surface area contributed by atoms with Crippen molar-refractivity contribution >= 4 is 5.69 Å². The molecule has 0 amide bonds. The number of nitrogen functional groups attached to an aromatic ring is 1. The van der Waals surface area contributed by atoms with Crippen LogP contribution in [-0.4, -0.2) is 6.36 Å². The topological polar surface area (TPSA) is 35.2 Å². The minimum Gasteiger partial charge on any atom is -0.406 e. The average molecular weight is 285 g/mol. The Bertz CT molecular complexity index is 638. The highest BCUT2D eigenvalue weighted by Crippen LogP contribution is 2.33. The molecule has 0 spiro atoms. The van der Waals surface area contributed by atoms with Gasteiger partial charge in [-0.3, -0.25) is 0 Å². The molecule has 0 unspecified atom stereocenters. The zero-order valence-electron chi connectivity index (χ0n) is 10.5. The largest absolute Gasteiger partial charge is 0.573 e. The van der Waals surface area contributed by atoms with Crippen LogP contribution in [-0.2, 0) is 0 Å². The Labute approximate surface area is 112 Å². The van der Waals surface area contributed by atoms with Crippen LogP contribution in [0.25, 0.3) is 11.1 Å². The Balaban J connectivity index is 2.42. The number of rotatable bonds is 2. The molecule has 0 saturated carbocycles. The molecule has 0 atom stereocenters. The summed E-state index contributed by atoms with van der Waals surface area (Å²) < 4.78 is 54.0. The molecule has 20 heavy (non-hydrogen) atoms. The average Bonchev–Trinajstić information content (AvgIpc) is 2.31. The first-order chi connectivity index (χ1) is 9.28. The van der Waals surface area contributed by atoms with E-state index >= 15 is 0 Å². The molecular weight excluding hydrogens is 274 g/mol. The van der Waals surface area contributed by atoms with E-state index in [1.54, 1.807) is 19.1 Å². The third kappa shape index (κ3) is 3.01. The van der Waals surface area contributed by atoms with Crippen LogP contribution in [0.3, 0.4) is 0 Å². The summed E-state index contributed by atoms with van der Waals surface area (Å²) in [7, 11) is 0. The van der Waals surface area contributed by atoms with Crippen LogP contribution in [0.4, 0.5) is 23.2 Å². The van der Waals surface area contributed by atoms with Gasteiger partial charge in [-0.2, -0.15) is 0 Å². The van der Waals surface area contributed by atoms with Crippen LogP contribution in [0.5, 0.6) is 5.75 Å². The summed E-state index contributed by atoms with van der Waals surface area (Å²) >= 11 is 0. The molecule has 2 aromatic rings. The van der Waals surface area contributed by atoms with Gasteiger partial charge in [-0.25, -0.2) is 4.39 Å². The highest BCUT2D eigenvalue weighted by molar-refractivity contribution is 5.78. The predicted octanol–water partition coefficient (Wildman–Crippen LogP) is 4.28. The Morgan fingerprint density at radius 2 is 1.75 bits per heavy atom. The van der Waals surface area contributed by atoms with Crippen LogP contribution < -0.4 is 10.5 Å². The number of halogens is 4. The molecule has 106 valence electrons. The van der Waals surface area contributed by atoms with Crippen LogP contribution >= 0.6 is 0 Å². The van der Waals surface area contributed by atoms with Crippen molar-refractivity contribution in [3.63, 3.8) is 0 Å². The SMILES string of the molecule is Cc1cccc(-c2ccc(OC(F)(F)F)cc2N)c1F. The maximum atomic E-state index is 14.0. The molecule has 0 fully saturated rings. The van der Waals surface area contributed by atoms with E-state index in [4.69, 9.17) is 5.73 Å². The first-order valence-electron chi connectivity index (χ1n) is 5.68. The van der Waals surface area contributed by atoms with E-state index in [2.05, 4.69) is 4.74 Å². The normalized spacial score (nSPS) is 11.4. The third-order valence-corrected chi connectivity index (χ3v) is 2.74. The van der Waals surface area contributed by atoms with Gasteiger partial charge in [-0.05, 0) is 24.6 Å². The van der Waals surface area contributed by atoms with Crippen molar-refractivity contribution in [1.82, 2.24) is 0 Å². The van der Waals surface area contributed by atoms with Crippen molar-refractivity contribution in [3.8, 4) is 16.9 Å². The van der Waals surface area contributed by atoms with E-state index in [-0.39, 0.29) is 11.3 Å². The van der Waals surface area contributed by atoms with Gasteiger partial charge >= 0.3 is 6.36 Å². The Hall–Kier alpha value is -2.24. The van der Waals surface area contributed by atoms with Gasteiger partial charge < -0.3 is 10.5 Å². The highest BCUT2D eigenvalue weighted by Gasteiger charge is 2.31. The summed E-state index contributed by atoms with van der Waals surface area (Å²) in [6.45, 7) is 1.59. The summed E-state index contributed by atoms with van der Waals surface area (Å²) in [6, 6.07) is 8.17. The van der Waals surface area contributed by atoms with Gasteiger partial charge in [0.1, 0.15) is 11.6 Å². The second-order valence-electron chi connectivity index (χ2n) is 4.23. The monoisotopic (exact) mass is 285 g/mol. The number of anilines is 1. The van der Waals surface area contributed by atoms with Crippen LogP contribution in [0.2, 0.25) is 0 Å². The minimum absolute atomic E-state index is 0.0104. The highest BCUT2D eigenvalue weighted by atomic mass is 19.4. The van der Waals surface area contributed by atoms with E-state index in [9.17, 15) is 17.6 Å². The van der Waals surface area contributed by atoms with Gasteiger partial charge in [0.05, 0.1) is 0 Å². The van der Waals surface area contributed by atoms with Crippen molar-refractivity contribution in [2.75, 3.05) is 5.73 Å². The molecule has 2 aromatic carbocycles. The molecule has 2 nitrogen and oxygen atoms in total. The Morgan fingerprint density at radius 1 is 1.05 bits per heavy atom. The minimum atomic E-state index is -4.79. The molecule has 0 aliphatic heterocycles. The van der Waals surface area contributed by atoms with Crippen molar-refractivity contribution in [2.45, 2.75) is 13.3 Å². The second-order valence-corrected chi connectivity index (χ2v) is 4.23. The quantitative estimate of drug-likeness (QED) is 0.660. The van der Waals surface area contributed by atoms with E-state index in [0.29, 0.717) is 11.1 Å². The van der Waals surface area contributed by atoms with E-state index in [0.717, 1.165) is 12.1 Å². The first-order valence-corrected chi connectivity index (χ1v) is 5.68. The van der Waals surface area contributed by atoms with Gasteiger partial charge in [0.2, 0.25) is 0 Å². The lowest BCUT2D eigenvalue weighted by atomic mass is 10.0. The number of hydrogen-bond acceptors (Lipinski definition) is 2. The predicted molar refractivity (Wildman–Crippen MR) is 67.7 cm³/mol. The molecule has 0 aliphatic carbocycles. The van der Waals surface area contributed by atoms with E-state index in [1.165, 1.54) is 12.1 Å². The summed E-state index contributed by atoms with van der Waals surface area (Å²) in [5.74, 6) is -0.893. The van der Waals surface area contributed by atoms with Crippen molar-refractivity contribution in [2.24, 2.45) is 0 Å². The molecule has 0 heterocycles. The molecule has 2 N–H and O–H groups in total. The zero-order valence-corrected chi connectivity index (χ0v) is 10.5. The van der Waals surface area contributed by atoms with Gasteiger partial charge in [0.25, 0.3) is 0 Å². The summed E-state index contributed by atoms with van der Waals surface area (Å²) in [6.07, 6.45) is -4.79. The fraction of sp³-hybridized carbons (Fsp3) is 0.143. The molecule has 0 bridgehead atoms. The standard InChI is InChI=1S/C14H11F4NO/c1-8-3-2-4-11(13(8)15)10-6-5-9(7-12(10)19)20-14(16,17)18/h2-7H,19H2,1H3. The number of alkyl halides is 3. The third-order valence-electron chi connectivity index (χ3n) is 2.74. The molecule has 0 radical (unpaired) electrons. The summed E-state index contributed by atoms with van der Waals surface area (Å²) in [5.41, 5.74) is 6.67. The van der Waals surface area contributed by atoms with Crippen molar-refractivity contribution in [1.29, 1.82) is 0 Å². The summed E-state index contributed by atoms with van der Waals surface area (Å²) in [5, 5.41) is 0. The maximum absolute atomic E-state index is 14.0. The van der Waals surface area contributed by atoms with Crippen LogP contribution in [0.1, 0.15) is 5.56 Å². The zero-order chi connectivity index (χ0) is 14.9. The van der Waals surface area contributed by atoms with Gasteiger partial charge in [0, 0.05) is 22.9 Å². The van der Waals surface area contributed by atoms with Crippen LogP contribution in [0, 0.1) is 12.7 Å². The number of benzene rings is 2. The smallest absolute Gasteiger partial charge is 0.406 e. The van der Waals surface area contributed by atoms with Crippen molar-refractivity contribution < 1.29 is 22.3 Å². The fourth-order valence-electron chi connectivity index (χ4n) is 1.84. The molecule has 0 aliphatic rings. The summed E-state index contributed by atoms with van der Waals surface area (Å²) in [4.78, 5) is 0. The molecule has 6 heteroatoms. The van der Waals surface area contributed by atoms with Crippen LogP contribution in [0.15, 0.2) is 36.4 Å². The molecule has 0 aromatic heterocycles. The maximum Gasteiger partial charge on any atom is 0.573 e. The molecule has 0 saturated heterocycles. The fourth-order valence-corrected chi connectivity index (χ4v) is 1.84. The lowest BCUT2D eigenvalue weighted by molar-refractivity contribution is -0.274. The van der Waals surface area contributed by atoms with E-state index in [1.807, 2.05) is 0 Å². The molecular formula is C14H11F4NO. The molecule has 2 rings (SSSR count). The Kier molecular flexibility index (Phi) is 3.57. The van der Waals surface area contributed by atoms with E-state index < -0.39 is 17.9 Å². The van der Waals surface area contributed by atoms with Crippen molar-refractivity contribution in [3.05, 3.63) is 47.8 Å². The number of aryl methyl sites for hydroxylation is 1. The van der Waals surface area contributed by atoms with Gasteiger partial charge in [-0.1, -0.05) is 18.2 Å². The second kappa shape index (κ2) is 5.03. The Morgan fingerprint density at radius 3 is 2.35 bits per heavy atom. The number of nitrogens with two attached hydrogens (primary N) is 1. The lowest BCUT2D eigenvalue weighted by Gasteiger charge is -2.12. The van der Waals surface area contributed by atoms with Gasteiger partial charge in [0.15, 0.2) is 0 Å².